The minimum absolute atomic E-state index is 0.104. The van der Waals surface area contributed by atoms with E-state index in [4.69, 9.17) is 15.2 Å². The fraction of sp³-hybridized carbons (Fsp3) is 0.200. The lowest BCUT2D eigenvalue weighted by atomic mass is 9.91. The maximum atomic E-state index is 13.1. The van der Waals surface area contributed by atoms with Gasteiger partial charge in [-0.1, -0.05) is 29.5 Å². The third kappa shape index (κ3) is 3.63. The van der Waals surface area contributed by atoms with Gasteiger partial charge in [-0.05, 0) is 35.4 Å². The number of methoxy groups -OCH3 is 1. The van der Waals surface area contributed by atoms with Crippen molar-refractivity contribution in [3.63, 3.8) is 0 Å². The van der Waals surface area contributed by atoms with Gasteiger partial charge in [0.15, 0.2) is 16.6 Å². The first-order chi connectivity index (χ1) is 13.5. The van der Waals surface area contributed by atoms with Gasteiger partial charge in [-0.25, -0.2) is 9.37 Å². The van der Waals surface area contributed by atoms with Crippen molar-refractivity contribution >= 4 is 28.2 Å². The molecule has 0 radical (unpaired) electrons. The highest BCUT2D eigenvalue weighted by Gasteiger charge is 2.30. The number of aromatic nitrogens is 1. The zero-order valence-corrected chi connectivity index (χ0v) is 15.9. The number of fused-ring (bicyclic) bond motifs is 1. The SMILES string of the molecule is COc1ccc(C2CC(=O)Nc3nc(N)sc32)cc1OCc1ccc(F)cc1. The Labute approximate surface area is 165 Å². The van der Waals surface area contributed by atoms with Crippen molar-refractivity contribution in [3.05, 3.63) is 64.3 Å². The number of hydrogen-bond donors (Lipinski definition) is 2. The van der Waals surface area contributed by atoms with Crippen LogP contribution in [0, 0.1) is 5.82 Å². The lowest BCUT2D eigenvalue weighted by Gasteiger charge is -2.22. The van der Waals surface area contributed by atoms with E-state index in [-0.39, 0.29) is 24.2 Å². The number of anilines is 2. The van der Waals surface area contributed by atoms with Crippen LogP contribution < -0.4 is 20.5 Å². The van der Waals surface area contributed by atoms with Gasteiger partial charge in [0.05, 0.1) is 12.0 Å². The molecule has 28 heavy (non-hydrogen) atoms. The number of nitrogen functional groups attached to an aromatic ring is 1. The van der Waals surface area contributed by atoms with Crippen molar-refractivity contribution in [3.8, 4) is 11.5 Å². The molecule has 144 valence electrons. The summed E-state index contributed by atoms with van der Waals surface area (Å²) in [7, 11) is 1.57. The van der Waals surface area contributed by atoms with Crippen LogP contribution in [0.1, 0.15) is 28.3 Å². The lowest BCUT2D eigenvalue weighted by molar-refractivity contribution is -0.116. The standard InChI is InChI=1S/C20H18FN3O3S/c1-26-15-7-4-12(8-16(15)27-10-11-2-5-13(21)6-3-11)14-9-17(25)23-19-18(14)28-20(22)24-19/h2-8,14H,9-10H2,1H3,(H2,22,24)(H,23,25). The molecule has 1 amide bonds. The minimum Gasteiger partial charge on any atom is -0.493 e. The summed E-state index contributed by atoms with van der Waals surface area (Å²) in [6.07, 6.45) is 0.304. The molecule has 8 heteroatoms. The molecule has 0 saturated heterocycles. The normalized spacial score (nSPS) is 15.6. The lowest BCUT2D eigenvalue weighted by Crippen LogP contribution is -2.22. The molecule has 0 bridgehead atoms. The van der Waals surface area contributed by atoms with Gasteiger partial charge in [-0.3, -0.25) is 4.79 Å². The first-order valence-corrected chi connectivity index (χ1v) is 9.46. The molecular weight excluding hydrogens is 381 g/mol. The Hall–Kier alpha value is -3.13. The molecule has 3 N–H and O–H groups in total. The van der Waals surface area contributed by atoms with Crippen LogP contribution in [0.25, 0.3) is 0 Å². The fourth-order valence-electron chi connectivity index (χ4n) is 3.17. The highest BCUT2D eigenvalue weighted by molar-refractivity contribution is 7.16. The number of ether oxygens (including phenoxy) is 2. The largest absolute Gasteiger partial charge is 0.493 e. The van der Waals surface area contributed by atoms with E-state index in [9.17, 15) is 9.18 Å². The minimum atomic E-state index is -0.293. The predicted molar refractivity (Wildman–Crippen MR) is 105 cm³/mol. The number of rotatable bonds is 5. The van der Waals surface area contributed by atoms with Gasteiger partial charge in [0.2, 0.25) is 5.91 Å². The first-order valence-electron chi connectivity index (χ1n) is 8.64. The molecule has 1 atom stereocenters. The van der Waals surface area contributed by atoms with Gasteiger partial charge in [0, 0.05) is 12.3 Å². The smallest absolute Gasteiger partial charge is 0.226 e. The van der Waals surface area contributed by atoms with Crippen molar-refractivity contribution in [2.24, 2.45) is 0 Å². The molecule has 6 nitrogen and oxygen atoms in total. The highest BCUT2D eigenvalue weighted by atomic mass is 32.1. The number of carbonyl (C=O) groups is 1. The average Bonchev–Trinajstić information content (AvgIpc) is 3.06. The Balaban J connectivity index is 1.63. The first kappa shape index (κ1) is 18.2. The van der Waals surface area contributed by atoms with Crippen LogP contribution in [-0.4, -0.2) is 18.0 Å². The molecule has 0 saturated carbocycles. The molecule has 3 aromatic rings. The van der Waals surface area contributed by atoms with Crippen LogP contribution in [0.3, 0.4) is 0 Å². The van der Waals surface area contributed by atoms with Crippen molar-refractivity contribution in [1.29, 1.82) is 0 Å². The van der Waals surface area contributed by atoms with Crippen molar-refractivity contribution in [2.75, 3.05) is 18.2 Å². The Morgan fingerprint density at radius 1 is 1.25 bits per heavy atom. The monoisotopic (exact) mass is 399 g/mol. The predicted octanol–water partition coefficient (Wildman–Crippen LogP) is 3.93. The highest BCUT2D eigenvalue weighted by Crippen LogP contribution is 2.43. The second-order valence-corrected chi connectivity index (χ2v) is 7.46. The molecule has 2 aromatic carbocycles. The van der Waals surface area contributed by atoms with E-state index in [0.29, 0.717) is 28.9 Å². The summed E-state index contributed by atoms with van der Waals surface area (Å²) in [5.41, 5.74) is 7.58. The van der Waals surface area contributed by atoms with Gasteiger partial charge in [-0.15, -0.1) is 0 Å². The second-order valence-electron chi connectivity index (χ2n) is 6.40. The molecule has 0 spiro atoms. The Morgan fingerprint density at radius 3 is 2.79 bits per heavy atom. The molecule has 1 aliphatic heterocycles. The van der Waals surface area contributed by atoms with Gasteiger partial charge < -0.3 is 20.5 Å². The number of amides is 1. The molecule has 1 unspecified atom stereocenters. The summed E-state index contributed by atoms with van der Waals surface area (Å²) in [6, 6.07) is 11.7. The summed E-state index contributed by atoms with van der Waals surface area (Å²) in [5, 5.41) is 3.18. The van der Waals surface area contributed by atoms with Gasteiger partial charge in [0.1, 0.15) is 18.2 Å². The Kier molecular flexibility index (Phi) is 4.87. The number of hydrogen-bond acceptors (Lipinski definition) is 6. The van der Waals surface area contributed by atoms with Crippen molar-refractivity contribution < 1.29 is 18.7 Å². The van der Waals surface area contributed by atoms with E-state index in [0.717, 1.165) is 16.0 Å². The zero-order valence-electron chi connectivity index (χ0n) is 15.1. The third-order valence-electron chi connectivity index (χ3n) is 4.53. The van der Waals surface area contributed by atoms with Gasteiger partial charge in [0.25, 0.3) is 0 Å². The Bertz CT molecular complexity index is 1020. The summed E-state index contributed by atoms with van der Waals surface area (Å²) in [6.45, 7) is 0.268. The summed E-state index contributed by atoms with van der Waals surface area (Å²) < 4.78 is 24.4. The molecule has 0 fully saturated rings. The van der Waals surface area contributed by atoms with E-state index in [2.05, 4.69) is 10.3 Å². The Morgan fingerprint density at radius 2 is 2.04 bits per heavy atom. The van der Waals surface area contributed by atoms with Crippen LogP contribution >= 0.6 is 11.3 Å². The average molecular weight is 399 g/mol. The molecular formula is C20H18FN3O3S. The molecule has 0 aliphatic carbocycles. The van der Waals surface area contributed by atoms with Crippen LogP contribution in [0.5, 0.6) is 11.5 Å². The number of nitrogens with two attached hydrogens (primary N) is 1. The molecule has 4 rings (SSSR count). The van der Waals surface area contributed by atoms with Crippen LogP contribution in [0.15, 0.2) is 42.5 Å². The van der Waals surface area contributed by atoms with Crippen LogP contribution in [0.2, 0.25) is 0 Å². The molecule has 1 aliphatic rings. The maximum absolute atomic E-state index is 13.1. The summed E-state index contributed by atoms with van der Waals surface area (Å²) in [5.74, 6) is 1.10. The zero-order chi connectivity index (χ0) is 19.7. The molecule has 2 heterocycles. The van der Waals surface area contributed by atoms with Crippen LogP contribution in [0.4, 0.5) is 15.3 Å². The van der Waals surface area contributed by atoms with E-state index < -0.39 is 0 Å². The number of nitrogens with zero attached hydrogens (tertiary/aromatic N) is 1. The van der Waals surface area contributed by atoms with Crippen LogP contribution in [-0.2, 0) is 11.4 Å². The van der Waals surface area contributed by atoms with E-state index in [1.165, 1.54) is 23.5 Å². The number of thiazole rings is 1. The fourth-order valence-corrected chi connectivity index (χ4v) is 4.09. The van der Waals surface area contributed by atoms with E-state index in [1.54, 1.807) is 19.2 Å². The van der Waals surface area contributed by atoms with Gasteiger partial charge in [-0.2, -0.15) is 0 Å². The number of benzene rings is 2. The second kappa shape index (κ2) is 7.47. The van der Waals surface area contributed by atoms with Gasteiger partial charge >= 0.3 is 0 Å². The van der Waals surface area contributed by atoms with E-state index in [1.807, 2.05) is 18.2 Å². The van der Waals surface area contributed by atoms with Crippen molar-refractivity contribution in [1.82, 2.24) is 4.98 Å². The number of halogens is 1. The quantitative estimate of drug-likeness (QED) is 0.679. The van der Waals surface area contributed by atoms with E-state index >= 15 is 0 Å². The summed E-state index contributed by atoms with van der Waals surface area (Å²) in [4.78, 5) is 17.2. The summed E-state index contributed by atoms with van der Waals surface area (Å²) >= 11 is 1.37. The maximum Gasteiger partial charge on any atom is 0.226 e. The molecule has 1 aromatic heterocycles. The number of carbonyl (C=O) groups excluding carboxylic acids is 1. The topological polar surface area (TPSA) is 86.5 Å². The third-order valence-corrected chi connectivity index (χ3v) is 5.53. The van der Waals surface area contributed by atoms with Crippen molar-refractivity contribution in [2.45, 2.75) is 18.9 Å². The number of nitrogens with one attached hydrogen (secondary N) is 1.